The normalized spacial score (nSPS) is 10.6. The summed E-state index contributed by atoms with van der Waals surface area (Å²) in [6.07, 6.45) is 0. The predicted molar refractivity (Wildman–Crippen MR) is 62.1 cm³/mol. The lowest BCUT2D eigenvalue weighted by Crippen LogP contribution is -2.08. The van der Waals surface area contributed by atoms with Gasteiger partial charge < -0.3 is 4.74 Å². The monoisotopic (exact) mass is 296 g/mol. The number of thiophene rings is 1. The molecule has 0 aromatic carbocycles. The van der Waals surface area contributed by atoms with Crippen LogP contribution < -0.4 is 0 Å². The van der Waals surface area contributed by atoms with Crippen molar-refractivity contribution < 1.29 is 9.53 Å². The van der Waals surface area contributed by atoms with Crippen LogP contribution in [0.2, 0.25) is 5.02 Å². The third-order valence-corrected chi connectivity index (χ3v) is 3.85. The molecule has 0 N–H and O–H groups in total. The molecular formula is C9H10BrClO2S. The van der Waals surface area contributed by atoms with Crippen LogP contribution in [0.15, 0.2) is 9.85 Å². The third-order valence-electron chi connectivity index (χ3n) is 1.39. The molecule has 0 spiro atoms. The number of hydrogen-bond acceptors (Lipinski definition) is 3. The number of esters is 1. The van der Waals surface area contributed by atoms with Crippen molar-refractivity contribution in [3.05, 3.63) is 19.8 Å². The van der Waals surface area contributed by atoms with Crippen molar-refractivity contribution in [1.29, 1.82) is 0 Å². The van der Waals surface area contributed by atoms with Crippen LogP contribution in [-0.2, 0) is 4.74 Å². The van der Waals surface area contributed by atoms with E-state index in [2.05, 4.69) is 15.9 Å². The van der Waals surface area contributed by atoms with Crippen molar-refractivity contribution in [3.63, 3.8) is 0 Å². The highest BCUT2D eigenvalue weighted by Gasteiger charge is 2.13. The first kappa shape index (κ1) is 12.0. The van der Waals surface area contributed by atoms with Gasteiger partial charge in [-0.15, -0.1) is 11.3 Å². The minimum atomic E-state index is -0.309. The van der Waals surface area contributed by atoms with E-state index in [1.807, 2.05) is 13.8 Å². The number of carbonyl (C=O) groups is 1. The second-order valence-electron chi connectivity index (χ2n) is 3.22. The Kier molecular flexibility index (Phi) is 4.41. The van der Waals surface area contributed by atoms with Gasteiger partial charge in [0.25, 0.3) is 0 Å². The average molecular weight is 298 g/mol. The van der Waals surface area contributed by atoms with Crippen LogP contribution in [0.25, 0.3) is 0 Å². The number of rotatable bonds is 3. The first-order valence-electron chi connectivity index (χ1n) is 4.12. The largest absolute Gasteiger partial charge is 0.461 e. The van der Waals surface area contributed by atoms with Crippen molar-refractivity contribution in [2.45, 2.75) is 13.8 Å². The van der Waals surface area contributed by atoms with Crippen LogP contribution in [0, 0.1) is 5.92 Å². The zero-order valence-electron chi connectivity index (χ0n) is 7.84. The molecule has 0 saturated heterocycles. The molecule has 5 heteroatoms. The fraction of sp³-hybridized carbons (Fsp3) is 0.444. The van der Waals surface area contributed by atoms with Gasteiger partial charge in [0.2, 0.25) is 0 Å². The lowest BCUT2D eigenvalue weighted by Gasteiger charge is -2.04. The molecule has 0 bridgehead atoms. The van der Waals surface area contributed by atoms with Gasteiger partial charge in [-0.2, -0.15) is 0 Å². The summed E-state index contributed by atoms with van der Waals surface area (Å²) in [5, 5.41) is 0.548. The molecule has 0 fully saturated rings. The Labute approximate surface area is 100 Å². The van der Waals surface area contributed by atoms with E-state index in [1.54, 1.807) is 6.07 Å². The molecule has 0 aliphatic carbocycles. The molecule has 1 heterocycles. The van der Waals surface area contributed by atoms with Gasteiger partial charge in [0.1, 0.15) is 4.88 Å². The molecule has 0 saturated carbocycles. The highest BCUT2D eigenvalue weighted by molar-refractivity contribution is 9.11. The second kappa shape index (κ2) is 5.14. The first-order valence-corrected chi connectivity index (χ1v) is 6.11. The first-order chi connectivity index (χ1) is 6.50. The quantitative estimate of drug-likeness (QED) is 0.789. The van der Waals surface area contributed by atoms with E-state index in [0.29, 0.717) is 22.4 Å². The van der Waals surface area contributed by atoms with Crippen LogP contribution >= 0.6 is 38.9 Å². The zero-order valence-corrected chi connectivity index (χ0v) is 11.0. The molecule has 1 aromatic rings. The SMILES string of the molecule is CC(C)COC(=O)c1cc(Cl)c(Br)s1. The molecular weight excluding hydrogens is 288 g/mol. The minimum absolute atomic E-state index is 0.309. The number of halogens is 2. The maximum Gasteiger partial charge on any atom is 0.348 e. The smallest absolute Gasteiger partial charge is 0.348 e. The van der Waals surface area contributed by atoms with E-state index in [0.717, 1.165) is 3.79 Å². The van der Waals surface area contributed by atoms with Gasteiger partial charge in [0.05, 0.1) is 15.4 Å². The lowest BCUT2D eigenvalue weighted by molar-refractivity contribution is 0.0465. The summed E-state index contributed by atoms with van der Waals surface area (Å²) in [7, 11) is 0. The molecule has 78 valence electrons. The molecule has 1 rings (SSSR count). The zero-order chi connectivity index (χ0) is 10.7. The van der Waals surface area contributed by atoms with Gasteiger partial charge in [-0.1, -0.05) is 25.4 Å². The highest BCUT2D eigenvalue weighted by Crippen LogP contribution is 2.32. The predicted octanol–water partition coefficient (Wildman–Crippen LogP) is 3.98. The third kappa shape index (κ3) is 3.26. The maximum absolute atomic E-state index is 11.4. The highest BCUT2D eigenvalue weighted by atomic mass is 79.9. The van der Waals surface area contributed by atoms with Gasteiger partial charge in [0.15, 0.2) is 0 Å². The van der Waals surface area contributed by atoms with Crippen molar-refractivity contribution in [1.82, 2.24) is 0 Å². The van der Waals surface area contributed by atoms with E-state index < -0.39 is 0 Å². The molecule has 0 aliphatic rings. The van der Waals surface area contributed by atoms with Crippen molar-refractivity contribution >= 4 is 44.8 Å². The van der Waals surface area contributed by atoms with E-state index in [9.17, 15) is 4.79 Å². The Morgan fingerprint density at radius 1 is 1.71 bits per heavy atom. The minimum Gasteiger partial charge on any atom is -0.461 e. The summed E-state index contributed by atoms with van der Waals surface area (Å²) in [4.78, 5) is 12.0. The summed E-state index contributed by atoms with van der Waals surface area (Å²) in [5.41, 5.74) is 0. The summed E-state index contributed by atoms with van der Waals surface area (Å²) in [5.74, 6) is 0.0362. The summed E-state index contributed by atoms with van der Waals surface area (Å²) < 4.78 is 5.81. The maximum atomic E-state index is 11.4. The summed E-state index contributed by atoms with van der Waals surface area (Å²) in [6.45, 7) is 4.42. The Morgan fingerprint density at radius 2 is 2.36 bits per heavy atom. The van der Waals surface area contributed by atoms with Crippen molar-refractivity contribution in [3.8, 4) is 0 Å². The van der Waals surface area contributed by atoms with E-state index >= 15 is 0 Å². The molecule has 1 aromatic heterocycles. The molecule has 0 radical (unpaired) electrons. The Hall–Kier alpha value is -0.0600. The molecule has 0 aliphatic heterocycles. The van der Waals surface area contributed by atoms with Gasteiger partial charge >= 0.3 is 5.97 Å². The van der Waals surface area contributed by atoms with E-state index in [-0.39, 0.29) is 5.97 Å². The van der Waals surface area contributed by atoms with Gasteiger partial charge in [-0.05, 0) is 27.9 Å². The van der Waals surface area contributed by atoms with Crippen LogP contribution in [0.1, 0.15) is 23.5 Å². The number of carbonyl (C=O) groups excluding carboxylic acids is 1. The van der Waals surface area contributed by atoms with E-state index in [4.69, 9.17) is 16.3 Å². The van der Waals surface area contributed by atoms with Crippen molar-refractivity contribution in [2.24, 2.45) is 5.92 Å². The lowest BCUT2D eigenvalue weighted by atomic mass is 10.2. The molecule has 0 amide bonds. The Balaban J connectivity index is 2.61. The van der Waals surface area contributed by atoms with Gasteiger partial charge in [0, 0.05) is 0 Å². The van der Waals surface area contributed by atoms with Gasteiger partial charge in [-0.25, -0.2) is 4.79 Å². The van der Waals surface area contributed by atoms with Crippen LogP contribution in [-0.4, -0.2) is 12.6 Å². The Morgan fingerprint density at radius 3 is 2.79 bits per heavy atom. The topological polar surface area (TPSA) is 26.3 Å². The fourth-order valence-electron chi connectivity index (χ4n) is 0.761. The molecule has 2 nitrogen and oxygen atoms in total. The molecule has 0 atom stereocenters. The second-order valence-corrected chi connectivity index (χ2v) is 6.00. The summed E-state index contributed by atoms with van der Waals surface area (Å²) >= 11 is 10.3. The number of hydrogen-bond donors (Lipinski definition) is 0. The average Bonchev–Trinajstić information content (AvgIpc) is 2.43. The van der Waals surface area contributed by atoms with E-state index in [1.165, 1.54) is 11.3 Å². The van der Waals surface area contributed by atoms with Gasteiger partial charge in [-0.3, -0.25) is 0 Å². The Bertz CT molecular complexity index is 316. The molecule has 14 heavy (non-hydrogen) atoms. The number of ether oxygens (including phenoxy) is 1. The van der Waals surface area contributed by atoms with Crippen LogP contribution in [0.4, 0.5) is 0 Å². The summed E-state index contributed by atoms with van der Waals surface area (Å²) in [6, 6.07) is 1.61. The molecule has 0 unspecified atom stereocenters. The van der Waals surface area contributed by atoms with Crippen LogP contribution in [0.5, 0.6) is 0 Å². The fourth-order valence-corrected chi connectivity index (χ4v) is 2.36. The van der Waals surface area contributed by atoms with Crippen molar-refractivity contribution in [2.75, 3.05) is 6.61 Å². The van der Waals surface area contributed by atoms with Crippen LogP contribution in [0.3, 0.4) is 0 Å². The standard InChI is InChI=1S/C9H10BrClO2S/c1-5(2)4-13-9(12)7-3-6(11)8(10)14-7/h3,5H,4H2,1-2H3.